The predicted octanol–water partition coefficient (Wildman–Crippen LogP) is 4.26. The van der Waals surface area contributed by atoms with E-state index in [1.807, 2.05) is 18.2 Å². The molecule has 1 heterocycles. The summed E-state index contributed by atoms with van der Waals surface area (Å²) in [5, 5.41) is 3.65. The van der Waals surface area contributed by atoms with E-state index in [9.17, 15) is 4.79 Å². The molecule has 3 rings (SSSR count). The van der Waals surface area contributed by atoms with Crippen LogP contribution in [0.25, 0.3) is 6.08 Å². The monoisotopic (exact) mass is 403 g/mol. The molecule has 0 aliphatic carbocycles. The van der Waals surface area contributed by atoms with E-state index >= 15 is 0 Å². The summed E-state index contributed by atoms with van der Waals surface area (Å²) in [6, 6.07) is 15.5. The second-order valence-corrected chi connectivity index (χ2v) is 7.32. The fraction of sp³-hybridized carbons (Fsp3) is 0.286. The zero-order valence-corrected chi connectivity index (χ0v) is 16.6. The molecule has 1 aliphatic rings. The largest absolute Gasteiger partial charge is 0.324 e. The minimum atomic E-state index is -0.0726. The summed E-state index contributed by atoms with van der Waals surface area (Å²) in [6.07, 6.45) is 4.34. The maximum absolute atomic E-state index is 12.3. The van der Waals surface area contributed by atoms with E-state index in [0.717, 1.165) is 32.7 Å². The Labute approximate surface area is 170 Å². The van der Waals surface area contributed by atoms with E-state index in [4.69, 9.17) is 23.2 Å². The van der Waals surface area contributed by atoms with Crippen LogP contribution in [-0.4, -0.2) is 55.0 Å². The van der Waals surface area contributed by atoms with Crippen LogP contribution in [0.4, 0.5) is 5.69 Å². The van der Waals surface area contributed by atoms with Gasteiger partial charge in [0, 0.05) is 32.7 Å². The minimum Gasteiger partial charge on any atom is -0.324 e. The van der Waals surface area contributed by atoms with Crippen LogP contribution in [0.3, 0.4) is 0 Å². The molecule has 27 heavy (non-hydrogen) atoms. The Morgan fingerprint density at radius 1 is 0.963 bits per heavy atom. The average Bonchev–Trinajstić information content (AvgIpc) is 2.68. The Balaban J connectivity index is 1.40. The zero-order valence-electron chi connectivity index (χ0n) is 15.1. The van der Waals surface area contributed by atoms with Crippen molar-refractivity contribution in [3.8, 4) is 0 Å². The second-order valence-electron chi connectivity index (χ2n) is 6.54. The molecule has 1 fully saturated rings. The molecular formula is C21H23Cl2N3O. The fourth-order valence-electron chi connectivity index (χ4n) is 3.03. The number of anilines is 1. The van der Waals surface area contributed by atoms with Gasteiger partial charge in [-0.25, -0.2) is 0 Å². The van der Waals surface area contributed by atoms with Crippen LogP contribution in [0.5, 0.6) is 0 Å². The average molecular weight is 404 g/mol. The summed E-state index contributed by atoms with van der Waals surface area (Å²) in [5.41, 5.74) is 1.77. The molecule has 0 saturated carbocycles. The number of rotatable bonds is 6. The highest BCUT2D eigenvalue weighted by molar-refractivity contribution is 6.44. The van der Waals surface area contributed by atoms with Crippen molar-refractivity contribution >= 4 is 40.9 Å². The number of hydrogen-bond acceptors (Lipinski definition) is 3. The third-order valence-electron chi connectivity index (χ3n) is 4.53. The molecule has 142 valence electrons. The van der Waals surface area contributed by atoms with E-state index < -0.39 is 0 Å². The number of hydrogen-bond donors (Lipinski definition) is 1. The van der Waals surface area contributed by atoms with Crippen LogP contribution in [0, 0.1) is 0 Å². The summed E-state index contributed by atoms with van der Waals surface area (Å²) in [5.74, 6) is -0.0726. The van der Waals surface area contributed by atoms with Crippen LogP contribution in [0.1, 0.15) is 5.56 Å². The second kappa shape index (κ2) is 9.90. The lowest BCUT2D eigenvalue weighted by molar-refractivity contribution is -0.117. The first-order valence-electron chi connectivity index (χ1n) is 9.02. The molecule has 2 aromatic rings. The standard InChI is InChI=1S/C21H23Cl2N3O/c22-18-9-4-10-19(21(18)23)24-20(27)16-26-14-12-25(13-15-26)11-5-8-17-6-2-1-3-7-17/h1-10H,11-16H2,(H,24,27)/b8-5+. The first kappa shape index (κ1) is 19.9. The molecule has 4 nitrogen and oxygen atoms in total. The molecular weight excluding hydrogens is 381 g/mol. The van der Waals surface area contributed by atoms with Gasteiger partial charge in [-0.1, -0.05) is 71.8 Å². The molecule has 1 amide bonds. The summed E-state index contributed by atoms with van der Waals surface area (Å²) in [6.45, 7) is 4.92. The molecule has 0 aromatic heterocycles. The van der Waals surface area contributed by atoms with Crippen molar-refractivity contribution in [2.45, 2.75) is 0 Å². The number of piperazine rings is 1. The zero-order chi connectivity index (χ0) is 19.1. The van der Waals surface area contributed by atoms with Gasteiger partial charge in [0.1, 0.15) is 0 Å². The van der Waals surface area contributed by atoms with Crippen LogP contribution >= 0.6 is 23.2 Å². The Hall–Kier alpha value is -1.85. The first-order valence-corrected chi connectivity index (χ1v) is 9.77. The van der Waals surface area contributed by atoms with Gasteiger partial charge in [-0.2, -0.15) is 0 Å². The van der Waals surface area contributed by atoms with E-state index in [1.165, 1.54) is 5.56 Å². The summed E-state index contributed by atoms with van der Waals surface area (Å²) >= 11 is 12.1. The SMILES string of the molecule is O=C(CN1CCN(C/C=C/c2ccccc2)CC1)Nc1cccc(Cl)c1Cl. The molecule has 1 N–H and O–H groups in total. The Morgan fingerprint density at radius 2 is 1.67 bits per heavy atom. The Morgan fingerprint density at radius 3 is 2.41 bits per heavy atom. The molecule has 0 unspecified atom stereocenters. The van der Waals surface area contributed by atoms with E-state index in [1.54, 1.807) is 18.2 Å². The number of carbonyl (C=O) groups is 1. The van der Waals surface area contributed by atoms with Crippen molar-refractivity contribution in [1.29, 1.82) is 0 Å². The van der Waals surface area contributed by atoms with Gasteiger partial charge in [0.25, 0.3) is 0 Å². The van der Waals surface area contributed by atoms with E-state index in [0.29, 0.717) is 22.3 Å². The summed E-state index contributed by atoms with van der Waals surface area (Å²) < 4.78 is 0. The van der Waals surface area contributed by atoms with Gasteiger partial charge >= 0.3 is 0 Å². The number of carbonyl (C=O) groups excluding carboxylic acids is 1. The van der Waals surface area contributed by atoms with Gasteiger partial charge < -0.3 is 5.32 Å². The lowest BCUT2D eigenvalue weighted by Gasteiger charge is -2.33. The quantitative estimate of drug-likeness (QED) is 0.782. The van der Waals surface area contributed by atoms with Crippen LogP contribution in [0.2, 0.25) is 10.0 Å². The van der Waals surface area contributed by atoms with E-state index in [-0.39, 0.29) is 5.91 Å². The maximum atomic E-state index is 12.3. The van der Waals surface area contributed by atoms with Gasteiger partial charge in [-0.05, 0) is 17.7 Å². The Kier molecular flexibility index (Phi) is 7.30. The highest BCUT2D eigenvalue weighted by atomic mass is 35.5. The van der Waals surface area contributed by atoms with Gasteiger partial charge in [0.05, 0.1) is 22.3 Å². The first-order chi connectivity index (χ1) is 13.1. The summed E-state index contributed by atoms with van der Waals surface area (Å²) in [4.78, 5) is 16.8. The van der Waals surface area contributed by atoms with Crippen LogP contribution in [0.15, 0.2) is 54.6 Å². The van der Waals surface area contributed by atoms with Gasteiger partial charge in [0.15, 0.2) is 0 Å². The van der Waals surface area contributed by atoms with E-state index in [2.05, 4.69) is 39.4 Å². The van der Waals surface area contributed by atoms with Crippen molar-refractivity contribution in [2.24, 2.45) is 0 Å². The fourth-order valence-corrected chi connectivity index (χ4v) is 3.37. The third-order valence-corrected chi connectivity index (χ3v) is 5.35. The number of amides is 1. The van der Waals surface area contributed by atoms with Gasteiger partial charge in [0.2, 0.25) is 5.91 Å². The van der Waals surface area contributed by atoms with Crippen LogP contribution < -0.4 is 5.32 Å². The number of benzene rings is 2. The highest BCUT2D eigenvalue weighted by Gasteiger charge is 2.18. The van der Waals surface area contributed by atoms with Gasteiger partial charge in [-0.3, -0.25) is 14.6 Å². The number of nitrogens with one attached hydrogen (secondary N) is 1. The van der Waals surface area contributed by atoms with Crippen LogP contribution in [-0.2, 0) is 4.79 Å². The lowest BCUT2D eigenvalue weighted by Crippen LogP contribution is -2.48. The highest BCUT2D eigenvalue weighted by Crippen LogP contribution is 2.29. The number of nitrogens with zero attached hydrogens (tertiary/aromatic N) is 2. The molecule has 0 spiro atoms. The Bertz CT molecular complexity index is 787. The minimum absolute atomic E-state index is 0.0726. The molecule has 1 saturated heterocycles. The van der Waals surface area contributed by atoms with Crippen molar-refractivity contribution < 1.29 is 4.79 Å². The normalized spacial score (nSPS) is 15.9. The smallest absolute Gasteiger partial charge is 0.238 e. The molecule has 2 aromatic carbocycles. The van der Waals surface area contributed by atoms with Crippen molar-refractivity contribution in [1.82, 2.24) is 9.80 Å². The summed E-state index contributed by atoms with van der Waals surface area (Å²) in [7, 11) is 0. The van der Waals surface area contributed by atoms with Crippen molar-refractivity contribution in [2.75, 3.05) is 44.6 Å². The lowest BCUT2D eigenvalue weighted by atomic mass is 10.2. The molecule has 0 bridgehead atoms. The topological polar surface area (TPSA) is 35.6 Å². The molecule has 0 radical (unpaired) electrons. The molecule has 6 heteroatoms. The number of halogens is 2. The van der Waals surface area contributed by atoms with Crippen molar-refractivity contribution in [3.05, 3.63) is 70.2 Å². The predicted molar refractivity (Wildman–Crippen MR) is 113 cm³/mol. The molecule has 0 atom stereocenters. The van der Waals surface area contributed by atoms with Crippen molar-refractivity contribution in [3.63, 3.8) is 0 Å². The third kappa shape index (κ3) is 6.08. The maximum Gasteiger partial charge on any atom is 0.238 e. The van der Waals surface area contributed by atoms with Gasteiger partial charge in [-0.15, -0.1) is 0 Å². The molecule has 1 aliphatic heterocycles.